The number of aliphatic hydroxyl groups is 1. The van der Waals surface area contributed by atoms with Gasteiger partial charge in [0.2, 0.25) is 5.91 Å². The number of nitrogens with one attached hydrogen (secondary N) is 1. The summed E-state index contributed by atoms with van der Waals surface area (Å²) in [7, 11) is 0. The summed E-state index contributed by atoms with van der Waals surface area (Å²) < 4.78 is 0. The molecule has 1 saturated heterocycles. The topological polar surface area (TPSA) is 52.6 Å². The molecular formula is C12H16N2O2. The third kappa shape index (κ3) is 2.08. The lowest BCUT2D eigenvalue weighted by molar-refractivity contribution is -0.117. The van der Waals surface area contributed by atoms with E-state index in [1.807, 2.05) is 38.1 Å². The minimum atomic E-state index is -0.188. The van der Waals surface area contributed by atoms with Crippen molar-refractivity contribution in [3.05, 3.63) is 29.8 Å². The summed E-state index contributed by atoms with van der Waals surface area (Å²) in [6.45, 7) is 4.01. The van der Waals surface area contributed by atoms with Crippen molar-refractivity contribution in [2.75, 3.05) is 5.01 Å². The van der Waals surface area contributed by atoms with Crippen molar-refractivity contribution in [1.82, 2.24) is 5.43 Å². The van der Waals surface area contributed by atoms with Gasteiger partial charge in [-0.25, -0.2) is 10.4 Å². The minimum Gasteiger partial charge on any atom is -0.392 e. The van der Waals surface area contributed by atoms with E-state index in [-0.39, 0.29) is 18.1 Å². The normalized spacial score (nSPS) is 19.2. The molecule has 2 N–H and O–H groups in total. The van der Waals surface area contributed by atoms with Gasteiger partial charge in [-0.1, -0.05) is 12.1 Å². The van der Waals surface area contributed by atoms with Crippen molar-refractivity contribution in [2.24, 2.45) is 0 Å². The Kier molecular flexibility index (Phi) is 2.69. The monoisotopic (exact) mass is 220 g/mol. The van der Waals surface area contributed by atoms with Crippen LogP contribution in [0.15, 0.2) is 24.3 Å². The molecule has 0 radical (unpaired) electrons. The van der Waals surface area contributed by atoms with Crippen molar-refractivity contribution in [2.45, 2.75) is 32.4 Å². The molecule has 0 bridgehead atoms. The lowest BCUT2D eigenvalue weighted by Gasteiger charge is -2.21. The average molecular weight is 220 g/mol. The van der Waals surface area contributed by atoms with Gasteiger partial charge < -0.3 is 5.11 Å². The number of aliphatic hydroxyl groups excluding tert-OH is 1. The second-order valence-electron chi connectivity index (χ2n) is 4.73. The maximum absolute atomic E-state index is 11.8. The van der Waals surface area contributed by atoms with E-state index in [2.05, 4.69) is 5.43 Å². The lowest BCUT2D eigenvalue weighted by atomic mass is 10.0. The Bertz CT molecular complexity index is 398. The van der Waals surface area contributed by atoms with E-state index in [4.69, 9.17) is 5.11 Å². The molecule has 1 aliphatic rings. The quantitative estimate of drug-likeness (QED) is 0.787. The van der Waals surface area contributed by atoms with Crippen LogP contribution in [0.4, 0.5) is 5.69 Å². The van der Waals surface area contributed by atoms with Gasteiger partial charge in [0.15, 0.2) is 0 Å². The third-order valence-corrected chi connectivity index (χ3v) is 2.63. The minimum absolute atomic E-state index is 0.0210. The molecule has 0 saturated carbocycles. The van der Waals surface area contributed by atoms with Crippen LogP contribution in [0.2, 0.25) is 0 Å². The second-order valence-corrected chi connectivity index (χ2v) is 4.73. The third-order valence-electron chi connectivity index (χ3n) is 2.63. The molecule has 4 nitrogen and oxygen atoms in total. The summed E-state index contributed by atoms with van der Waals surface area (Å²) >= 11 is 0. The van der Waals surface area contributed by atoms with Gasteiger partial charge in [-0.05, 0) is 31.5 Å². The number of hydrazine groups is 1. The summed E-state index contributed by atoms with van der Waals surface area (Å²) in [5.74, 6) is 0.0711. The highest BCUT2D eigenvalue weighted by Gasteiger charge is 2.35. The first-order valence-corrected chi connectivity index (χ1v) is 5.32. The van der Waals surface area contributed by atoms with Gasteiger partial charge in [-0.3, -0.25) is 4.79 Å². The number of hydrogen-bond acceptors (Lipinski definition) is 3. The molecule has 1 aliphatic heterocycles. The first kappa shape index (κ1) is 11.1. The van der Waals surface area contributed by atoms with Gasteiger partial charge in [-0.2, -0.15) is 0 Å². The number of carbonyl (C=O) groups is 1. The van der Waals surface area contributed by atoms with Crippen LogP contribution in [-0.2, 0) is 11.4 Å². The van der Waals surface area contributed by atoms with E-state index in [1.165, 1.54) is 0 Å². The van der Waals surface area contributed by atoms with Crippen LogP contribution >= 0.6 is 0 Å². The van der Waals surface area contributed by atoms with Crippen molar-refractivity contribution in [1.29, 1.82) is 0 Å². The van der Waals surface area contributed by atoms with Crippen LogP contribution < -0.4 is 10.4 Å². The molecule has 1 aromatic carbocycles. The average Bonchev–Trinajstić information content (AvgIpc) is 2.52. The van der Waals surface area contributed by atoms with Gasteiger partial charge in [0.25, 0.3) is 0 Å². The summed E-state index contributed by atoms with van der Waals surface area (Å²) in [5.41, 5.74) is 4.62. The maximum atomic E-state index is 11.8. The molecule has 16 heavy (non-hydrogen) atoms. The molecular weight excluding hydrogens is 204 g/mol. The van der Waals surface area contributed by atoms with Crippen molar-refractivity contribution in [3.63, 3.8) is 0 Å². The number of carbonyl (C=O) groups excluding carboxylic acids is 1. The van der Waals surface area contributed by atoms with Gasteiger partial charge in [0.05, 0.1) is 12.3 Å². The molecule has 1 aromatic rings. The first-order chi connectivity index (χ1) is 7.52. The first-order valence-electron chi connectivity index (χ1n) is 5.32. The number of nitrogens with zero attached hydrogens (tertiary/aromatic N) is 1. The summed E-state index contributed by atoms with van der Waals surface area (Å²) in [4.78, 5) is 11.8. The Balaban J connectivity index is 2.21. The summed E-state index contributed by atoms with van der Waals surface area (Å²) in [6, 6.07) is 7.29. The molecule has 1 amide bonds. The second kappa shape index (κ2) is 3.88. The van der Waals surface area contributed by atoms with Crippen LogP contribution in [0, 0.1) is 0 Å². The highest BCUT2D eigenvalue weighted by Crippen LogP contribution is 2.24. The van der Waals surface area contributed by atoms with E-state index in [1.54, 1.807) is 5.01 Å². The molecule has 0 unspecified atom stereocenters. The molecule has 0 aliphatic carbocycles. The number of rotatable bonds is 2. The predicted octanol–water partition coefficient (Wildman–Crippen LogP) is 1.20. The standard InChI is InChI=1S/C12H16N2O2/c1-12(2)7-11(16)14(13-12)10-5-3-9(8-15)4-6-10/h3-6,13,15H,7-8H2,1-2H3. The van der Waals surface area contributed by atoms with Crippen LogP contribution in [0.3, 0.4) is 0 Å². The zero-order valence-corrected chi connectivity index (χ0v) is 9.53. The molecule has 1 heterocycles. The Hall–Kier alpha value is -1.39. The molecule has 0 spiro atoms. The number of anilines is 1. The van der Waals surface area contributed by atoms with Crippen molar-refractivity contribution in [3.8, 4) is 0 Å². The van der Waals surface area contributed by atoms with Crippen molar-refractivity contribution >= 4 is 11.6 Å². The van der Waals surface area contributed by atoms with Gasteiger partial charge in [-0.15, -0.1) is 0 Å². The fraction of sp³-hybridized carbons (Fsp3) is 0.417. The van der Waals surface area contributed by atoms with E-state index in [0.29, 0.717) is 6.42 Å². The van der Waals surface area contributed by atoms with Crippen molar-refractivity contribution < 1.29 is 9.90 Å². The Labute approximate surface area is 94.9 Å². The molecule has 86 valence electrons. The maximum Gasteiger partial charge on any atom is 0.243 e. The molecule has 0 aromatic heterocycles. The number of amides is 1. The largest absolute Gasteiger partial charge is 0.392 e. The van der Waals surface area contributed by atoms with Gasteiger partial charge >= 0.3 is 0 Å². The Morgan fingerprint density at radius 3 is 2.44 bits per heavy atom. The lowest BCUT2D eigenvalue weighted by Crippen LogP contribution is -2.42. The van der Waals surface area contributed by atoms with E-state index in [0.717, 1.165) is 11.3 Å². The molecule has 4 heteroatoms. The summed E-state index contributed by atoms with van der Waals surface area (Å²) in [5, 5.41) is 10.5. The zero-order valence-electron chi connectivity index (χ0n) is 9.53. The predicted molar refractivity (Wildman–Crippen MR) is 61.7 cm³/mol. The molecule has 0 atom stereocenters. The highest BCUT2D eigenvalue weighted by molar-refractivity contribution is 5.95. The number of hydrogen-bond donors (Lipinski definition) is 2. The zero-order chi connectivity index (χ0) is 11.8. The van der Waals surface area contributed by atoms with Crippen LogP contribution in [0.25, 0.3) is 0 Å². The highest BCUT2D eigenvalue weighted by atomic mass is 16.3. The van der Waals surface area contributed by atoms with Crippen LogP contribution in [-0.4, -0.2) is 16.6 Å². The number of benzene rings is 1. The molecule has 1 fully saturated rings. The fourth-order valence-electron chi connectivity index (χ4n) is 1.82. The van der Waals surface area contributed by atoms with Crippen LogP contribution in [0.5, 0.6) is 0 Å². The smallest absolute Gasteiger partial charge is 0.243 e. The SMILES string of the molecule is CC1(C)CC(=O)N(c2ccc(CO)cc2)N1. The van der Waals surface area contributed by atoms with Gasteiger partial charge in [0, 0.05) is 12.0 Å². The Morgan fingerprint density at radius 2 is 2.00 bits per heavy atom. The fourth-order valence-corrected chi connectivity index (χ4v) is 1.82. The van der Waals surface area contributed by atoms with E-state index >= 15 is 0 Å². The summed E-state index contributed by atoms with van der Waals surface area (Å²) in [6.07, 6.45) is 0.495. The van der Waals surface area contributed by atoms with Gasteiger partial charge in [0.1, 0.15) is 0 Å². The molecule has 2 rings (SSSR count). The van der Waals surface area contributed by atoms with E-state index in [9.17, 15) is 4.79 Å². The van der Waals surface area contributed by atoms with Crippen LogP contribution in [0.1, 0.15) is 25.8 Å². The van der Waals surface area contributed by atoms with E-state index < -0.39 is 0 Å². The Morgan fingerprint density at radius 1 is 1.38 bits per heavy atom.